The van der Waals surface area contributed by atoms with Crippen molar-refractivity contribution in [2.24, 2.45) is 5.10 Å². The Labute approximate surface area is 134 Å². The number of hydrazone groups is 1. The van der Waals surface area contributed by atoms with Crippen LogP contribution in [-0.4, -0.2) is 22.2 Å². The van der Waals surface area contributed by atoms with Crippen LogP contribution >= 0.6 is 11.6 Å². The fraction of sp³-hybridized carbons (Fsp3) is 0. The molecule has 0 saturated heterocycles. The molecule has 0 aliphatic carbocycles. The number of phenols is 1. The van der Waals surface area contributed by atoms with Crippen LogP contribution in [0.3, 0.4) is 0 Å². The summed E-state index contributed by atoms with van der Waals surface area (Å²) in [6.45, 7) is 0. The summed E-state index contributed by atoms with van der Waals surface area (Å²) in [5.74, 6) is -1.90. The molecule has 2 N–H and O–H groups in total. The van der Waals surface area contributed by atoms with Gasteiger partial charge in [0.25, 0.3) is 5.91 Å². The van der Waals surface area contributed by atoms with E-state index in [0.717, 1.165) is 18.3 Å². The number of hydrogen-bond donors (Lipinski definition) is 2. The second kappa shape index (κ2) is 6.84. The van der Waals surface area contributed by atoms with E-state index in [4.69, 9.17) is 11.6 Å². The van der Waals surface area contributed by atoms with Crippen LogP contribution < -0.4 is 5.43 Å². The third-order valence-electron chi connectivity index (χ3n) is 2.74. The third kappa shape index (κ3) is 4.01. The first kappa shape index (κ1) is 16.4. The fourth-order valence-corrected chi connectivity index (χ4v) is 1.92. The number of carbonyl (C=O) groups excluding carboxylic acids is 1. The molecule has 0 atom stereocenters. The molecular formula is C14H9ClFN3O4. The summed E-state index contributed by atoms with van der Waals surface area (Å²) in [7, 11) is 0. The predicted molar refractivity (Wildman–Crippen MR) is 81.2 cm³/mol. The summed E-state index contributed by atoms with van der Waals surface area (Å²) in [6.07, 6.45) is 0.991. The lowest BCUT2D eigenvalue weighted by molar-refractivity contribution is -0.385. The van der Waals surface area contributed by atoms with Crippen LogP contribution in [0.5, 0.6) is 5.75 Å². The zero-order valence-electron chi connectivity index (χ0n) is 11.4. The first-order valence-corrected chi connectivity index (χ1v) is 6.52. The summed E-state index contributed by atoms with van der Waals surface area (Å²) in [4.78, 5) is 21.7. The molecule has 0 unspecified atom stereocenters. The van der Waals surface area contributed by atoms with Gasteiger partial charge in [-0.25, -0.2) is 9.82 Å². The van der Waals surface area contributed by atoms with Crippen molar-refractivity contribution in [1.29, 1.82) is 0 Å². The van der Waals surface area contributed by atoms with Crippen LogP contribution in [0.2, 0.25) is 5.02 Å². The van der Waals surface area contributed by atoms with Gasteiger partial charge in [-0.1, -0.05) is 17.7 Å². The normalized spacial score (nSPS) is 10.7. The zero-order chi connectivity index (χ0) is 17.0. The van der Waals surface area contributed by atoms with Crippen molar-refractivity contribution in [1.82, 2.24) is 5.43 Å². The number of phenolic OH excluding ortho intramolecular Hbond substituents is 1. The Morgan fingerprint density at radius 1 is 1.39 bits per heavy atom. The molecule has 0 radical (unpaired) electrons. The van der Waals surface area contributed by atoms with Crippen molar-refractivity contribution in [3.05, 3.63) is 68.5 Å². The largest absolute Gasteiger partial charge is 0.502 e. The van der Waals surface area contributed by atoms with Gasteiger partial charge in [-0.05, 0) is 24.3 Å². The molecule has 1 amide bonds. The quantitative estimate of drug-likeness (QED) is 0.508. The molecule has 0 aromatic heterocycles. The number of hydrogen-bond acceptors (Lipinski definition) is 5. The maximum Gasteiger partial charge on any atom is 0.312 e. The number of amides is 1. The average Bonchev–Trinajstić information content (AvgIpc) is 2.49. The Bertz CT molecular complexity index is 811. The molecule has 2 aromatic carbocycles. The van der Waals surface area contributed by atoms with Gasteiger partial charge in [0.05, 0.1) is 11.1 Å². The average molecular weight is 338 g/mol. The van der Waals surface area contributed by atoms with Gasteiger partial charge in [0.1, 0.15) is 5.82 Å². The number of rotatable bonds is 4. The lowest BCUT2D eigenvalue weighted by atomic mass is 10.2. The highest BCUT2D eigenvalue weighted by Crippen LogP contribution is 2.32. The molecule has 7 nitrogen and oxygen atoms in total. The minimum atomic E-state index is -0.802. The smallest absolute Gasteiger partial charge is 0.312 e. The van der Waals surface area contributed by atoms with E-state index in [2.05, 4.69) is 10.5 Å². The summed E-state index contributed by atoms with van der Waals surface area (Å²) in [6, 6.07) is 7.17. The molecular weight excluding hydrogens is 329 g/mol. The molecule has 2 rings (SSSR count). The Morgan fingerprint density at radius 3 is 2.78 bits per heavy atom. The van der Waals surface area contributed by atoms with Crippen molar-refractivity contribution >= 4 is 29.4 Å². The predicted octanol–water partition coefficient (Wildman–Crippen LogP) is 2.86. The third-order valence-corrected chi connectivity index (χ3v) is 2.96. The van der Waals surface area contributed by atoms with E-state index in [1.807, 2.05) is 0 Å². The van der Waals surface area contributed by atoms with Crippen molar-refractivity contribution in [2.45, 2.75) is 0 Å². The van der Waals surface area contributed by atoms with E-state index < -0.39 is 28.1 Å². The van der Waals surface area contributed by atoms with Crippen molar-refractivity contribution < 1.29 is 19.2 Å². The molecule has 0 aliphatic heterocycles. The molecule has 23 heavy (non-hydrogen) atoms. The van der Waals surface area contributed by atoms with Crippen molar-refractivity contribution in [3.63, 3.8) is 0 Å². The van der Waals surface area contributed by atoms with Crippen LogP contribution in [-0.2, 0) is 0 Å². The van der Waals surface area contributed by atoms with E-state index in [1.54, 1.807) is 0 Å². The van der Waals surface area contributed by atoms with Gasteiger partial charge in [0.15, 0.2) is 0 Å². The molecule has 0 aliphatic rings. The fourth-order valence-electron chi connectivity index (χ4n) is 1.70. The highest BCUT2D eigenvalue weighted by atomic mass is 35.5. The molecule has 0 spiro atoms. The Morgan fingerprint density at radius 2 is 2.13 bits per heavy atom. The molecule has 0 heterocycles. The first-order chi connectivity index (χ1) is 10.9. The number of nitrogens with one attached hydrogen (secondary N) is 1. The maximum absolute atomic E-state index is 13.0. The van der Waals surface area contributed by atoms with Gasteiger partial charge in [0, 0.05) is 22.2 Å². The summed E-state index contributed by atoms with van der Waals surface area (Å²) in [5.41, 5.74) is 1.52. The standard InChI is InChI=1S/C14H9ClFN3O4/c15-10-4-9(13(20)12(6-10)19(22)23)7-17-18-14(21)8-2-1-3-11(16)5-8/h1-7,20H,(H,18,21)/b17-7+. The van der Waals surface area contributed by atoms with E-state index in [-0.39, 0.29) is 16.1 Å². The van der Waals surface area contributed by atoms with Crippen molar-refractivity contribution in [3.8, 4) is 5.75 Å². The second-order valence-electron chi connectivity index (χ2n) is 4.33. The number of nitrogens with zero attached hydrogens (tertiary/aromatic N) is 2. The monoisotopic (exact) mass is 337 g/mol. The van der Waals surface area contributed by atoms with Crippen LogP contribution in [0, 0.1) is 15.9 Å². The molecule has 0 saturated carbocycles. The molecule has 118 valence electrons. The highest BCUT2D eigenvalue weighted by molar-refractivity contribution is 6.31. The molecule has 2 aromatic rings. The maximum atomic E-state index is 13.0. The van der Waals surface area contributed by atoms with Gasteiger partial charge in [-0.2, -0.15) is 5.10 Å². The van der Waals surface area contributed by atoms with Gasteiger partial charge in [-0.15, -0.1) is 0 Å². The summed E-state index contributed by atoms with van der Waals surface area (Å²) < 4.78 is 13.0. The Hall–Kier alpha value is -3.00. The van der Waals surface area contributed by atoms with Gasteiger partial charge >= 0.3 is 5.69 Å². The van der Waals surface area contributed by atoms with Crippen LogP contribution in [0.15, 0.2) is 41.5 Å². The van der Waals surface area contributed by atoms with Gasteiger partial charge < -0.3 is 5.11 Å². The van der Waals surface area contributed by atoms with Crippen molar-refractivity contribution in [2.75, 3.05) is 0 Å². The zero-order valence-corrected chi connectivity index (χ0v) is 12.1. The SMILES string of the molecule is O=C(N/N=C/c1cc(Cl)cc([N+](=O)[O-])c1O)c1cccc(F)c1. The topological polar surface area (TPSA) is 105 Å². The van der Waals surface area contributed by atoms with Crippen LogP contribution in [0.1, 0.15) is 15.9 Å². The lowest BCUT2D eigenvalue weighted by Gasteiger charge is -2.02. The molecule has 0 bridgehead atoms. The van der Waals surface area contributed by atoms with E-state index >= 15 is 0 Å². The minimum absolute atomic E-state index is 0.0207. The van der Waals surface area contributed by atoms with Gasteiger partial charge in [-0.3, -0.25) is 14.9 Å². The Kier molecular flexibility index (Phi) is 4.87. The first-order valence-electron chi connectivity index (χ1n) is 6.14. The summed E-state index contributed by atoms with van der Waals surface area (Å²) >= 11 is 5.71. The van der Waals surface area contributed by atoms with E-state index in [0.29, 0.717) is 0 Å². The van der Waals surface area contributed by atoms with Crippen LogP contribution in [0.25, 0.3) is 0 Å². The number of benzene rings is 2. The van der Waals surface area contributed by atoms with Gasteiger partial charge in [0.2, 0.25) is 5.75 Å². The summed E-state index contributed by atoms with van der Waals surface area (Å²) in [5, 5.41) is 24.1. The minimum Gasteiger partial charge on any atom is -0.502 e. The molecule has 9 heteroatoms. The second-order valence-corrected chi connectivity index (χ2v) is 4.77. The van der Waals surface area contributed by atoms with Crippen LogP contribution in [0.4, 0.5) is 10.1 Å². The lowest BCUT2D eigenvalue weighted by Crippen LogP contribution is -2.17. The number of aromatic hydroxyl groups is 1. The van der Waals surface area contributed by atoms with E-state index in [1.165, 1.54) is 24.3 Å². The number of carbonyl (C=O) groups is 1. The van der Waals surface area contributed by atoms with E-state index in [9.17, 15) is 24.4 Å². The highest BCUT2D eigenvalue weighted by Gasteiger charge is 2.17. The number of nitro groups is 1. The number of nitro benzene ring substituents is 1. The Balaban J connectivity index is 2.18. The molecule has 0 fully saturated rings. The number of halogens is 2.